The summed E-state index contributed by atoms with van der Waals surface area (Å²) in [4.78, 5) is 25.0. The molecule has 126 valence electrons. The number of urea groups is 1. The number of nitrogens with one attached hydrogen (secondary N) is 2. The molecule has 2 aliphatic rings. The summed E-state index contributed by atoms with van der Waals surface area (Å²) in [5.74, 6) is 0.382. The molecule has 6 heteroatoms. The van der Waals surface area contributed by atoms with Crippen LogP contribution in [0.25, 0.3) is 10.9 Å². The molecule has 24 heavy (non-hydrogen) atoms. The maximum atomic E-state index is 12.1. The van der Waals surface area contributed by atoms with Crippen molar-refractivity contribution < 1.29 is 9.59 Å². The second-order valence-electron chi connectivity index (χ2n) is 6.65. The number of hydrogen-bond donors (Lipinski definition) is 2. The number of amides is 3. The summed E-state index contributed by atoms with van der Waals surface area (Å²) in [5, 5.41) is 6.99. The zero-order valence-corrected chi connectivity index (χ0v) is 13.8. The van der Waals surface area contributed by atoms with E-state index < -0.39 is 0 Å². The molecule has 3 amide bonds. The van der Waals surface area contributed by atoms with E-state index >= 15 is 0 Å². The Morgan fingerprint density at radius 1 is 1.12 bits per heavy atom. The third kappa shape index (κ3) is 2.57. The van der Waals surface area contributed by atoms with Gasteiger partial charge in [-0.25, -0.2) is 4.79 Å². The highest BCUT2D eigenvalue weighted by Crippen LogP contribution is 2.32. The topological polar surface area (TPSA) is 66.4 Å². The average Bonchev–Trinajstić information content (AvgIpc) is 2.92. The summed E-state index contributed by atoms with van der Waals surface area (Å²) in [5.41, 5.74) is 3.33. The lowest BCUT2D eigenvalue weighted by molar-refractivity contribution is -0.120. The SMILES string of the molecule is Cn1c(C2CCNCC2)cc2ccc(N3CCC(=O)NC3=O)cc21. The van der Waals surface area contributed by atoms with Gasteiger partial charge in [-0.05, 0) is 44.1 Å². The van der Waals surface area contributed by atoms with E-state index in [4.69, 9.17) is 0 Å². The Labute approximate surface area is 140 Å². The normalized spacial score (nSPS) is 19.8. The molecular weight excluding hydrogens is 304 g/mol. The van der Waals surface area contributed by atoms with Crippen LogP contribution in [0.15, 0.2) is 24.3 Å². The maximum Gasteiger partial charge on any atom is 0.328 e. The van der Waals surface area contributed by atoms with Crippen molar-refractivity contribution >= 4 is 28.5 Å². The quantitative estimate of drug-likeness (QED) is 0.888. The van der Waals surface area contributed by atoms with Crippen LogP contribution >= 0.6 is 0 Å². The Bertz CT molecular complexity index is 805. The highest BCUT2D eigenvalue weighted by atomic mass is 16.2. The van der Waals surface area contributed by atoms with Gasteiger partial charge in [-0.15, -0.1) is 0 Å². The van der Waals surface area contributed by atoms with Gasteiger partial charge < -0.3 is 9.88 Å². The number of aryl methyl sites for hydroxylation is 1. The number of aromatic nitrogens is 1. The molecule has 2 fully saturated rings. The maximum absolute atomic E-state index is 12.1. The van der Waals surface area contributed by atoms with Gasteiger partial charge >= 0.3 is 6.03 Å². The van der Waals surface area contributed by atoms with E-state index in [9.17, 15) is 9.59 Å². The molecule has 0 atom stereocenters. The highest BCUT2D eigenvalue weighted by Gasteiger charge is 2.25. The number of imide groups is 1. The van der Waals surface area contributed by atoms with Crippen molar-refractivity contribution in [3.8, 4) is 0 Å². The predicted molar refractivity (Wildman–Crippen MR) is 93.3 cm³/mol. The fourth-order valence-electron chi connectivity index (χ4n) is 3.83. The molecule has 2 aliphatic heterocycles. The lowest BCUT2D eigenvalue weighted by Gasteiger charge is -2.26. The van der Waals surface area contributed by atoms with E-state index in [1.165, 1.54) is 11.1 Å². The number of rotatable bonds is 2. The van der Waals surface area contributed by atoms with Crippen LogP contribution in [0.5, 0.6) is 0 Å². The minimum Gasteiger partial charge on any atom is -0.347 e. The van der Waals surface area contributed by atoms with Crippen molar-refractivity contribution in [2.45, 2.75) is 25.2 Å². The second kappa shape index (κ2) is 5.94. The van der Waals surface area contributed by atoms with E-state index in [1.54, 1.807) is 4.90 Å². The lowest BCUT2D eigenvalue weighted by atomic mass is 9.94. The third-order valence-corrected chi connectivity index (χ3v) is 5.19. The molecule has 3 heterocycles. The number of anilines is 1. The van der Waals surface area contributed by atoms with Crippen LogP contribution < -0.4 is 15.5 Å². The van der Waals surface area contributed by atoms with Crippen LogP contribution in [0, 0.1) is 0 Å². The van der Waals surface area contributed by atoms with Crippen molar-refractivity contribution in [3.05, 3.63) is 30.0 Å². The molecule has 6 nitrogen and oxygen atoms in total. The molecular formula is C18H22N4O2. The van der Waals surface area contributed by atoms with Gasteiger partial charge in [-0.2, -0.15) is 0 Å². The molecule has 0 saturated carbocycles. The van der Waals surface area contributed by atoms with Gasteiger partial charge in [0, 0.05) is 42.7 Å². The largest absolute Gasteiger partial charge is 0.347 e. The molecule has 0 bridgehead atoms. The van der Waals surface area contributed by atoms with Gasteiger partial charge in [-0.3, -0.25) is 15.0 Å². The number of benzene rings is 1. The van der Waals surface area contributed by atoms with E-state index in [0.29, 0.717) is 18.9 Å². The molecule has 2 saturated heterocycles. The number of hydrogen-bond acceptors (Lipinski definition) is 3. The number of carbonyl (C=O) groups is 2. The van der Waals surface area contributed by atoms with Crippen LogP contribution in [0.4, 0.5) is 10.5 Å². The van der Waals surface area contributed by atoms with Gasteiger partial charge in [0.15, 0.2) is 0 Å². The first-order chi connectivity index (χ1) is 11.6. The molecule has 0 spiro atoms. The number of piperidine rings is 1. The van der Waals surface area contributed by atoms with Crippen molar-refractivity contribution in [2.24, 2.45) is 7.05 Å². The smallest absolute Gasteiger partial charge is 0.328 e. The fourth-order valence-corrected chi connectivity index (χ4v) is 3.83. The van der Waals surface area contributed by atoms with Crippen molar-refractivity contribution in [3.63, 3.8) is 0 Å². The molecule has 4 rings (SSSR count). The Morgan fingerprint density at radius 2 is 1.92 bits per heavy atom. The third-order valence-electron chi connectivity index (χ3n) is 5.19. The molecule has 1 aromatic carbocycles. The van der Waals surface area contributed by atoms with E-state index in [1.807, 2.05) is 6.07 Å². The Hall–Kier alpha value is -2.34. The number of carbonyl (C=O) groups excluding carboxylic acids is 2. The molecule has 0 radical (unpaired) electrons. The average molecular weight is 326 g/mol. The van der Waals surface area contributed by atoms with Gasteiger partial charge in [0.05, 0.1) is 5.52 Å². The Morgan fingerprint density at radius 3 is 2.67 bits per heavy atom. The van der Waals surface area contributed by atoms with Crippen LogP contribution in [0.3, 0.4) is 0 Å². The summed E-state index contributed by atoms with van der Waals surface area (Å²) in [6.45, 7) is 2.57. The fraction of sp³-hybridized carbons (Fsp3) is 0.444. The summed E-state index contributed by atoms with van der Waals surface area (Å²) >= 11 is 0. The Balaban J connectivity index is 1.69. The number of fused-ring (bicyclic) bond motifs is 1. The zero-order valence-electron chi connectivity index (χ0n) is 13.8. The minimum atomic E-state index is -0.335. The molecule has 2 aromatic rings. The molecule has 1 aromatic heterocycles. The van der Waals surface area contributed by atoms with E-state index in [2.05, 4.69) is 40.4 Å². The monoisotopic (exact) mass is 326 g/mol. The molecule has 0 unspecified atom stereocenters. The zero-order chi connectivity index (χ0) is 16.7. The summed E-state index contributed by atoms with van der Waals surface area (Å²) in [6, 6.07) is 8.02. The first-order valence-electron chi connectivity index (χ1n) is 8.55. The van der Waals surface area contributed by atoms with Crippen LogP contribution in [0.2, 0.25) is 0 Å². The van der Waals surface area contributed by atoms with Crippen molar-refractivity contribution in [1.82, 2.24) is 15.2 Å². The Kier molecular flexibility index (Phi) is 3.76. The van der Waals surface area contributed by atoms with Gasteiger partial charge in [0.25, 0.3) is 0 Å². The summed E-state index contributed by atoms with van der Waals surface area (Å²) in [6.07, 6.45) is 2.67. The van der Waals surface area contributed by atoms with E-state index in [0.717, 1.165) is 37.1 Å². The van der Waals surface area contributed by atoms with Crippen molar-refractivity contribution in [1.29, 1.82) is 0 Å². The predicted octanol–water partition coefficient (Wildman–Crippen LogP) is 2.09. The van der Waals surface area contributed by atoms with Crippen LogP contribution in [-0.4, -0.2) is 36.1 Å². The minimum absolute atomic E-state index is 0.204. The summed E-state index contributed by atoms with van der Waals surface area (Å²) in [7, 11) is 2.10. The first kappa shape index (κ1) is 15.2. The van der Waals surface area contributed by atoms with Gasteiger partial charge in [0.1, 0.15) is 0 Å². The highest BCUT2D eigenvalue weighted by molar-refractivity contribution is 6.06. The van der Waals surface area contributed by atoms with Crippen molar-refractivity contribution in [2.75, 3.05) is 24.5 Å². The molecule has 0 aliphatic carbocycles. The first-order valence-corrected chi connectivity index (χ1v) is 8.55. The lowest BCUT2D eigenvalue weighted by Crippen LogP contribution is -2.49. The van der Waals surface area contributed by atoms with E-state index in [-0.39, 0.29) is 11.9 Å². The van der Waals surface area contributed by atoms with Crippen LogP contribution in [0.1, 0.15) is 30.9 Å². The molecule has 2 N–H and O–H groups in total. The van der Waals surface area contributed by atoms with Crippen LogP contribution in [-0.2, 0) is 11.8 Å². The van der Waals surface area contributed by atoms with Gasteiger partial charge in [0.2, 0.25) is 5.91 Å². The van der Waals surface area contributed by atoms with Gasteiger partial charge in [-0.1, -0.05) is 6.07 Å². The number of nitrogens with zero attached hydrogens (tertiary/aromatic N) is 2. The summed E-state index contributed by atoms with van der Waals surface area (Å²) < 4.78 is 2.25. The second-order valence-corrected chi connectivity index (χ2v) is 6.65. The standard InChI is InChI=1S/C18H22N4O2/c1-21-15(12-4-7-19-8-5-12)10-13-2-3-14(11-16(13)21)22-9-6-17(23)20-18(22)24/h2-3,10-12,19H,4-9H2,1H3,(H,20,23,24).